The van der Waals surface area contributed by atoms with Crippen LogP contribution < -0.4 is 21.7 Å². The first kappa shape index (κ1) is 34.1. The van der Waals surface area contributed by atoms with Gasteiger partial charge in [0.15, 0.2) is 0 Å². The largest absolute Gasteiger partial charge is 0.444 e. The second-order valence-electron chi connectivity index (χ2n) is 13.4. The van der Waals surface area contributed by atoms with E-state index in [0.717, 1.165) is 46.3 Å². The topological polar surface area (TPSA) is 177 Å². The fourth-order valence-electron chi connectivity index (χ4n) is 5.77. The Hall–Kier alpha value is -5.26. The van der Waals surface area contributed by atoms with Gasteiger partial charge in [0, 0.05) is 35.8 Å². The number of ether oxygens (including phenoxy) is 1. The molecule has 48 heavy (non-hydrogen) atoms. The Balaban J connectivity index is 1.23. The van der Waals surface area contributed by atoms with Gasteiger partial charge in [-0.15, -0.1) is 10.2 Å². The molecule has 252 valence electrons. The van der Waals surface area contributed by atoms with Crippen molar-refractivity contribution in [3.63, 3.8) is 0 Å². The zero-order valence-electron chi connectivity index (χ0n) is 27.9. The van der Waals surface area contributed by atoms with Crippen molar-refractivity contribution in [2.45, 2.75) is 71.4 Å². The summed E-state index contributed by atoms with van der Waals surface area (Å²) in [6.07, 6.45) is 2.81. The van der Waals surface area contributed by atoms with Crippen molar-refractivity contribution in [2.75, 3.05) is 17.6 Å². The zero-order chi connectivity index (χ0) is 34.3. The number of hydrogen-bond donors (Lipinski definition) is 5. The third-order valence-electron chi connectivity index (χ3n) is 8.55. The van der Waals surface area contributed by atoms with E-state index >= 15 is 0 Å². The van der Waals surface area contributed by atoms with Crippen molar-refractivity contribution in [3.05, 3.63) is 77.9 Å². The lowest BCUT2D eigenvalue weighted by molar-refractivity contribution is -0.130. The molecular weight excluding hydrogens is 608 g/mol. The zero-order valence-corrected chi connectivity index (χ0v) is 27.9. The van der Waals surface area contributed by atoms with Crippen molar-refractivity contribution < 1.29 is 19.1 Å². The van der Waals surface area contributed by atoms with E-state index in [9.17, 15) is 14.4 Å². The summed E-state index contributed by atoms with van der Waals surface area (Å²) in [5.74, 6) is 0.0273. The third-order valence-corrected chi connectivity index (χ3v) is 8.55. The summed E-state index contributed by atoms with van der Waals surface area (Å²) in [6, 6.07) is 20.2. The van der Waals surface area contributed by atoms with E-state index in [0.29, 0.717) is 37.3 Å². The predicted octanol–water partition coefficient (Wildman–Crippen LogP) is 5.42. The highest BCUT2D eigenvalue weighted by Gasteiger charge is 2.30. The van der Waals surface area contributed by atoms with E-state index < -0.39 is 17.7 Å². The Bertz CT molecular complexity index is 1690. The molecule has 1 atom stereocenters. The van der Waals surface area contributed by atoms with E-state index in [1.807, 2.05) is 70.2 Å². The van der Waals surface area contributed by atoms with Gasteiger partial charge >= 0.3 is 6.09 Å². The van der Waals surface area contributed by atoms with Crippen LogP contribution in [0.25, 0.3) is 22.5 Å². The van der Waals surface area contributed by atoms with Crippen molar-refractivity contribution in [1.82, 2.24) is 31.3 Å². The highest BCUT2D eigenvalue weighted by atomic mass is 16.6. The van der Waals surface area contributed by atoms with Crippen LogP contribution in [0.3, 0.4) is 0 Å². The number of anilines is 2. The normalized spacial score (nSPS) is 16.8. The Morgan fingerprint density at radius 2 is 1.60 bits per heavy atom. The van der Waals surface area contributed by atoms with Gasteiger partial charge < -0.3 is 26.4 Å². The lowest BCUT2D eigenvalue weighted by atomic mass is 9.81. The molecule has 1 aliphatic carbocycles. The number of aryl methyl sites for hydroxylation is 1. The minimum absolute atomic E-state index is 0.145. The summed E-state index contributed by atoms with van der Waals surface area (Å²) < 4.78 is 5.34. The molecule has 0 aliphatic heterocycles. The maximum atomic E-state index is 13.7. The second kappa shape index (κ2) is 15.1. The Morgan fingerprint density at radius 3 is 2.23 bits per heavy atom. The number of alkyl carbamates (subject to hydrolysis) is 1. The van der Waals surface area contributed by atoms with Gasteiger partial charge in [-0.05, 0) is 117 Å². The molecule has 12 nitrogen and oxygen atoms in total. The number of H-pyrrole nitrogens is 1. The van der Waals surface area contributed by atoms with Crippen LogP contribution in [0.15, 0.2) is 66.7 Å². The fraction of sp³-hybridized carbons (Fsp3) is 0.389. The first-order chi connectivity index (χ1) is 22.9. The number of rotatable bonds is 10. The maximum absolute atomic E-state index is 13.7. The van der Waals surface area contributed by atoms with Gasteiger partial charge in [0.2, 0.25) is 17.6 Å². The third kappa shape index (κ3) is 9.40. The number of nitrogens with two attached hydrogens (primary N) is 1. The SMILES string of the molecule is Cc1ccc(-c2ccc(C[C@H](NC(=O)[C@H]3CC[C@H](CNC(=O)OC(C)(C)C)CC3)C(=O)Nc3ccc(-c4nn[nH]n4)cc3)cc2)cc1N. The van der Waals surface area contributed by atoms with Gasteiger partial charge in [0.05, 0.1) is 0 Å². The number of tetrazole rings is 1. The molecule has 3 amide bonds. The summed E-state index contributed by atoms with van der Waals surface area (Å²) in [4.78, 5) is 39.3. The molecule has 0 saturated heterocycles. The number of carbonyl (C=O) groups excluding carboxylic acids is 3. The van der Waals surface area contributed by atoms with Gasteiger partial charge in [-0.3, -0.25) is 9.59 Å². The van der Waals surface area contributed by atoms with E-state index in [2.05, 4.69) is 36.6 Å². The van der Waals surface area contributed by atoms with Crippen molar-refractivity contribution in [2.24, 2.45) is 11.8 Å². The lowest BCUT2D eigenvalue weighted by Crippen LogP contribution is -2.48. The van der Waals surface area contributed by atoms with E-state index in [4.69, 9.17) is 10.5 Å². The van der Waals surface area contributed by atoms with Crippen LogP contribution in [-0.2, 0) is 20.7 Å². The molecule has 0 spiro atoms. The molecule has 4 aromatic rings. The number of nitrogen functional groups attached to an aromatic ring is 1. The van der Waals surface area contributed by atoms with Crippen molar-refractivity contribution >= 4 is 29.3 Å². The molecule has 0 unspecified atom stereocenters. The molecule has 0 radical (unpaired) electrons. The van der Waals surface area contributed by atoms with Gasteiger partial charge in [-0.1, -0.05) is 36.4 Å². The number of aromatic nitrogens is 4. The highest BCUT2D eigenvalue weighted by molar-refractivity contribution is 5.97. The average molecular weight is 653 g/mol. The molecule has 1 fully saturated rings. The minimum atomic E-state index is -0.804. The van der Waals surface area contributed by atoms with E-state index in [-0.39, 0.29) is 23.7 Å². The molecular formula is C36H44N8O4. The number of carbonyl (C=O) groups is 3. The summed E-state index contributed by atoms with van der Waals surface area (Å²) >= 11 is 0. The number of nitrogens with one attached hydrogen (secondary N) is 4. The van der Waals surface area contributed by atoms with Gasteiger partial charge in [0.25, 0.3) is 0 Å². The Morgan fingerprint density at radius 1 is 0.938 bits per heavy atom. The van der Waals surface area contributed by atoms with Crippen LogP contribution in [-0.4, -0.2) is 56.7 Å². The highest BCUT2D eigenvalue weighted by Crippen LogP contribution is 2.29. The van der Waals surface area contributed by atoms with Gasteiger partial charge in [-0.25, -0.2) is 4.79 Å². The quantitative estimate of drug-likeness (QED) is 0.141. The van der Waals surface area contributed by atoms with E-state index in [1.165, 1.54) is 0 Å². The van der Waals surface area contributed by atoms with E-state index in [1.54, 1.807) is 24.3 Å². The van der Waals surface area contributed by atoms with Crippen LogP contribution in [0.2, 0.25) is 0 Å². The molecule has 3 aromatic carbocycles. The second-order valence-corrected chi connectivity index (χ2v) is 13.4. The number of hydrogen-bond acceptors (Lipinski definition) is 8. The first-order valence-electron chi connectivity index (χ1n) is 16.3. The Labute approximate surface area is 280 Å². The average Bonchev–Trinajstić information content (AvgIpc) is 3.60. The van der Waals surface area contributed by atoms with Crippen LogP contribution in [0.1, 0.15) is 57.6 Å². The molecule has 1 heterocycles. The van der Waals surface area contributed by atoms with Crippen LogP contribution in [0, 0.1) is 18.8 Å². The molecule has 6 N–H and O–H groups in total. The smallest absolute Gasteiger partial charge is 0.407 e. The summed E-state index contributed by atoms with van der Waals surface area (Å²) in [5.41, 5.74) is 11.6. The molecule has 1 saturated carbocycles. The summed E-state index contributed by atoms with van der Waals surface area (Å²) in [7, 11) is 0. The summed E-state index contributed by atoms with van der Waals surface area (Å²) in [6.45, 7) is 7.96. The number of amides is 3. The van der Waals surface area contributed by atoms with Crippen LogP contribution in [0.4, 0.5) is 16.2 Å². The monoisotopic (exact) mass is 652 g/mol. The standard InChI is InChI=1S/C36H44N8O4/c1-22-5-10-28(20-30(22)37)25-11-6-23(7-12-25)19-31(34(46)39-29-17-15-26(16-18-29)32-41-43-44-42-32)40-33(45)27-13-8-24(9-14-27)21-38-35(47)48-36(2,3)4/h5-7,10-12,15-18,20,24,27,31H,8-9,13-14,19,21,37H2,1-4H3,(H,38,47)(H,39,46)(H,40,45)(H,41,42,43,44)/t24-,27-,31-/m0/s1. The maximum Gasteiger partial charge on any atom is 0.407 e. The first-order valence-corrected chi connectivity index (χ1v) is 16.3. The van der Waals surface area contributed by atoms with Crippen molar-refractivity contribution in [1.29, 1.82) is 0 Å². The van der Waals surface area contributed by atoms with Gasteiger partial charge in [0.1, 0.15) is 11.6 Å². The molecule has 5 rings (SSSR count). The number of benzene rings is 3. The minimum Gasteiger partial charge on any atom is -0.444 e. The predicted molar refractivity (Wildman–Crippen MR) is 185 cm³/mol. The summed E-state index contributed by atoms with van der Waals surface area (Å²) in [5, 5.41) is 22.8. The van der Waals surface area contributed by atoms with Crippen LogP contribution in [0.5, 0.6) is 0 Å². The number of aromatic amines is 1. The molecule has 0 bridgehead atoms. The lowest BCUT2D eigenvalue weighted by Gasteiger charge is -2.29. The van der Waals surface area contributed by atoms with Crippen molar-refractivity contribution in [3.8, 4) is 22.5 Å². The van der Waals surface area contributed by atoms with Gasteiger partial charge in [-0.2, -0.15) is 5.21 Å². The Kier molecular flexibility index (Phi) is 10.7. The van der Waals surface area contributed by atoms with Crippen LogP contribution >= 0.6 is 0 Å². The molecule has 1 aliphatic rings. The molecule has 12 heteroatoms. The number of nitrogens with zero attached hydrogens (tertiary/aromatic N) is 3. The fourth-order valence-corrected chi connectivity index (χ4v) is 5.77. The molecule has 1 aromatic heterocycles.